The third-order valence-electron chi connectivity index (χ3n) is 3.96. The van der Waals surface area contributed by atoms with E-state index in [9.17, 15) is 14.7 Å². The van der Waals surface area contributed by atoms with Gasteiger partial charge in [0.1, 0.15) is 12.4 Å². The van der Waals surface area contributed by atoms with Crippen molar-refractivity contribution < 1.29 is 14.7 Å². The van der Waals surface area contributed by atoms with Gasteiger partial charge in [0.05, 0.1) is 5.01 Å². The number of carbonyl (C=O) groups is 2. The number of benzene rings is 2. The molecule has 0 aliphatic rings. The van der Waals surface area contributed by atoms with Gasteiger partial charge in [0.15, 0.2) is 0 Å². The smallest absolute Gasteiger partial charge is 0.323 e. The van der Waals surface area contributed by atoms with Gasteiger partial charge in [-0.1, -0.05) is 42.5 Å². The second-order valence-corrected chi connectivity index (χ2v) is 6.89. The molecular formula is C20H19N3O3S. The van der Waals surface area contributed by atoms with E-state index in [-0.39, 0.29) is 0 Å². The second kappa shape index (κ2) is 8.57. The van der Waals surface area contributed by atoms with E-state index in [4.69, 9.17) is 5.73 Å². The monoisotopic (exact) mass is 381 g/mol. The summed E-state index contributed by atoms with van der Waals surface area (Å²) in [4.78, 5) is 29.9. The molecule has 2 aromatic carbocycles. The summed E-state index contributed by atoms with van der Waals surface area (Å²) < 4.78 is 0. The molecule has 0 atom stereocenters. The maximum Gasteiger partial charge on any atom is 0.323 e. The van der Waals surface area contributed by atoms with Crippen LogP contribution in [0.3, 0.4) is 0 Å². The van der Waals surface area contributed by atoms with Crippen LogP contribution in [0.4, 0.5) is 5.82 Å². The number of aromatic nitrogens is 1. The highest BCUT2D eigenvalue weighted by molar-refractivity contribution is 7.10. The van der Waals surface area contributed by atoms with Crippen LogP contribution in [0, 0.1) is 0 Å². The summed E-state index contributed by atoms with van der Waals surface area (Å²) in [7, 11) is 0. The van der Waals surface area contributed by atoms with Gasteiger partial charge >= 0.3 is 5.97 Å². The molecule has 0 saturated heterocycles. The molecule has 0 bridgehead atoms. The average Bonchev–Trinajstić information content (AvgIpc) is 3.14. The molecule has 3 N–H and O–H groups in total. The molecule has 7 heteroatoms. The third kappa shape index (κ3) is 4.78. The van der Waals surface area contributed by atoms with Crippen LogP contribution in [0.25, 0.3) is 0 Å². The van der Waals surface area contributed by atoms with Crippen LogP contribution in [0.15, 0.2) is 60.0 Å². The average molecular weight is 381 g/mol. The van der Waals surface area contributed by atoms with E-state index < -0.39 is 18.4 Å². The Kier molecular flexibility index (Phi) is 5.95. The van der Waals surface area contributed by atoms with Crippen LogP contribution in [0.1, 0.15) is 26.5 Å². The van der Waals surface area contributed by atoms with Gasteiger partial charge in [-0.2, -0.15) is 0 Å². The SMILES string of the molecule is NCc1cccc(C(=O)N(CC(=O)O)c2csc(Cc3ccccc3)n2)c1. The highest BCUT2D eigenvalue weighted by atomic mass is 32.1. The molecule has 0 radical (unpaired) electrons. The normalized spacial score (nSPS) is 10.6. The fourth-order valence-corrected chi connectivity index (χ4v) is 3.47. The van der Waals surface area contributed by atoms with Crippen molar-refractivity contribution >= 4 is 29.0 Å². The maximum absolute atomic E-state index is 12.9. The van der Waals surface area contributed by atoms with Crippen LogP contribution in [0.2, 0.25) is 0 Å². The summed E-state index contributed by atoms with van der Waals surface area (Å²) in [5, 5.41) is 11.8. The molecule has 0 fully saturated rings. The third-order valence-corrected chi connectivity index (χ3v) is 4.80. The van der Waals surface area contributed by atoms with E-state index in [1.165, 1.54) is 16.2 Å². The van der Waals surface area contributed by atoms with Crippen LogP contribution >= 0.6 is 11.3 Å². The Balaban J connectivity index is 1.86. The Hall–Kier alpha value is -3.03. The van der Waals surface area contributed by atoms with Gasteiger partial charge in [0, 0.05) is 23.9 Å². The zero-order valence-electron chi connectivity index (χ0n) is 14.5. The molecule has 3 rings (SSSR count). The molecule has 3 aromatic rings. The maximum atomic E-state index is 12.9. The molecule has 0 spiro atoms. The Morgan fingerprint density at radius 2 is 1.81 bits per heavy atom. The highest BCUT2D eigenvalue weighted by Gasteiger charge is 2.23. The predicted octanol–water partition coefficient (Wildman–Crippen LogP) is 2.92. The van der Waals surface area contributed by atoms with Crippen molar-refractivity contribution in [2.75, 3.05) is 11.4 Å². The highest BCUT2D eigenvalue weighted by Crippen LogP contribution is 2.23. The Labute approximate surface area is 160 Å². The van der Waals surface area contributed by atoms with E-state index in [1.54, 1.807) is 23.6 Å². The van der Waals surface area contributed by atoms with Gasteiger partial charge in [-0.25, -0.2) is 4.98 Å². The molecule has 1 heterocycles. The summed E-state index contributed by atoms with van der Waals surface area (Å²) in [5.41, 5.74) is 7.93. The van der Waals surface area contributed by atoms with Gasteiger partial charge in [-0.3, -0.25) is 14.5 Å². The summed E-state index contributed by atoms with van der Waals surface area (Å²) in [5.74, 6) is -1.17. The van der Waals surface area contributed by atoms with E-state index in [0.717, 1.165) is 16.1 Å². The standard InChI is InChI=1S/C20H19N3O3S/c21-11-15-7-4-8-16(9-15)20(26)23(12-19(24)25)17-13-27-18(22-17)10-14-5-2-1-3-6-14/h1-9,13H,10-12,21H2,(H,24,25). The largest absolute Gasteiger partial charge is 0.480 e. The van der Waals surface area contributed by atoms with Crippen molar-refractivity contribution in [1.82, 2.24) is 4.98 Å². The summed E-state index contributed by atoms with van der Waals surface area (Å²) in [6, 6.07) is 16.7. The van der Waals surface area contributed by atoms with Crippen LogP contribution < -0.4 is 10.6 Å². The molecule has 0 saturated carbocycles. The first-order valence-corrected chi connectivity index (χ1v) is 9.26. The molecule has 6 nitrogen and oxygen atoms in total. The summed E-state index contributed by atoms with van der Waals surface area (Å²) >= 11 is 1.40. The van der Waals surface area contributed by atoms with Crippen molar-refractivity contribution in [3.8, 4) is 0 Å². The molecular weight excluding hydrogens is 362 g/mol. The van der Waals surface area contributed by atoms with Gasteiger partial charge < -0.3 is 10.8 Å². The molecule has 27 heavy (non-hydrogen) atoms. The quantitative estimate of drug-likeness (QED) is 0.656. The zero-order valence-corrected chi connectivity index (χ0v) is 15.4. The van der Waals surface area contributed by atoms with E-state index in [0.29, 0.717) is 24.3 Å². The van der Waals surface area contributed by atoms with Crippen molar-refractivity contribution in [2.45, 2.75) is 13.0 Å². The number of carboxylic acids is 1. The van der Waals surface area contributed by atoms with Crippen molar-refractivity contribution in [2.24, 2.45) is 5.73 Å². The second-order valence-electron chi connectivity index (χ2n) is 5.95. The van der Waals surface area contributed by atoms with Crippen molar-refractivity contribution in [3.63, 3.8) is 0 Å². The van der Waals surface area contributed by atoms with E-state index in [2.05, 4.69) is 4.98 Å². The van der Waals surface area contributed by atoms with Gasteiger partial charge in [-0.15, -0.1) is 11.3 Å². The number of amides is 1. The fraction of sp³-hybridized carbons (Fsp3) is 0.150. The minimum Gasteiger partial charge on any atom is -0.480 e. The first kappa shape index (κ1) is 18.8. The number of carbonyl (C=O) groups excluding carboxylic acids is 1. The first-order chi connectivity index (χ1) is 13.1. The number of aliphatic carboxylic acids is 1. The lowest BCUT2D eigenvalue weighted by molar-refractivity contribution is -0.135. The molecule has 0 aliphatic heterocycles. The number of thiazole rings is 1. The van der Waals surface area contributed by atoms with Gasteiger partial charge in [0.25, 0.3) is 5.91 Å². The van der Waals surface area contributed by atoms with Gasteiger partial charge in [0.2, 0.25) is 0 Å². The lowest BCUT2D eigenvalue weighted by Gasteiger charge is -2.18. The van der Waals surface area contributed by atoms with E-state index >= 15 is 0 Å². The predicted molar refractivity (Wildman–Crippen MR) is 105 cm³/mol. The molecule has 1 aromatic heterocycles. The van der Waals surface area contributed by atoms with Crippen LogP contribution in [-0.4, -0.2) is 28.5 Å². The minimum atomic E-state index is -1.10. The Bertz CT molecular complexity index is 940. The number of rotatable bonds is 7. The summed E-state index contributed by atoms with van der Waals surface area (Å²) in [6.07, 6.45) is 0.628. The Morgan fingerprint density at radius 1 is 1.07 bits per heavy atom. The number of nitrogens with two attached hydrogens (primary N) is 1. The number of hydrogen-bond donors (Lipinski definition) is 2. The first-order valence-electron chi connectivity index (χ1n) is 8.38. The molecule has 138 valence electrons. The number of anilines is 1. The van der Waals surface area contributed by atoms with Crippen molar-refractivity contribution in [1.29, 1.82) is 0 Å². The summed E-state index contributed by atoms with van der Waals surface area (Å²) in [6.45, 7) is -0.155. The number of carboxylic acid groups (broad SMARTS) is 1. The Morgan fingerprint density at radius 3 is 2.52 bits per heavy atom. The lowest BCUT2D eigenvalue weighted by atomic mass is 10.1. The van der Waals surface area contributed by atoms with Crippen LogP contribution in [-0.2, 0) is 17.8 Å². The lowest BCUT2D eigenvalue weighted by Crippen LogP contribution is -2.36. The topological polar surface area (TPSA) is 96.5 Å². The van der Waals surface area contributed by atoms with Crippen LogP contribution in [0.5, 0.6) is 0 Å². The molecule has 0 unspecified atom stereocenters. The molecule has 0 aliphatic carbocycles. The van der Waals surface area contributed by atoms with Crippen molar-refractivity contribution in [3.05, 3.63) is 81.7 Å². The minimum absolute atomic E-state index is 0.304. The van der Waals surface area contributed by atoms with E-state index in [1.807, 2.05) is 36.4 Å². The number of hydrogen-bond acceptors (Lipinski definition) is 5. The zero-order chi connectivity index (χ0) is 19.2. The fourth-order valence-electron chi connectivity index (χ4n) is 2.66. The number of nitrogens with zero attached hydrogens (tertiary/aromatic N) is 2. The molecule has 1 amide bonds. The van der Waals surface area contributed by atoms with Gasteiger partial charge in [-0.05, 0) is 23.3 Å².